The molecule has 3 N–H and O–H groups in total. The molecule has 0 unspecified atom stereocenters. The van der Waals surface area contributed by atoms with Crippen molar-refractivity contribution in [2.45, 2.75) is 19.4 Å². The fourth-order valence-electron chi connectivity index (χ4n) is 2.04. The second-order valence-electron chi connectivity index (χ2n) is 4.79. The van der Waals surface area contributed by atoms with Gasteiger partial charge in [-0.25, -0.2) is 4.79 Å². The highest BCUT2D eigenvalue weighted by Gasteiger charge is 2.28. The molecule has 1 heterocycles. The molecule has 0 bridgehead atoms. The van der Waals surface area contributed by atoms with Gasteiger partial charge in [-0.2, -0.15) is 0 Å². The number of amides is 1. The first-order valence-electron chi connectivity index (χ1n) is 6.67. The minimum Gasteiger partial charge on any atom is -0.481 e. The van der Waals surface area contributed by atoms with E-state index >= 15 is 0 Å². The second-order valence-corrected chi connectivity index (χ2v) is 4.79. The molecule has 1 atom stereocenters. The van der Waals surface area contributed by atoms with Crippen molar-refractivity contribution in [1.29, 1.82) is 0 Å². The Kier molecular flexibility index (Phi) is 4.75. The van der Waals surface area contributed by atoms with Crippen LogP contribution in [0.3, 0.4) is 0 Å². The third-order valence-electron chi connectivity index (χ3n) is 3.12. The first-order valence-corrected chi connectivity index (χ1v) is 6.67. The number of carbonyl (C=O) groups excluding carboxylic acids is 1. The Morgan fingerprint density at radius 2 is 1.87 bits per heavy atom. The number of hydrogen-bond donors (Lipinski definition) is 3. The van der Waals surface area contributed by atoms with E-state index in [9.17, 15) is 14.4 Å². The summed E-state index contributed by atoms with van der Waals surface area (Å²) in [5, 5.41) is 23.7. The Bertz CT molecular complexity index is 738. The molecule has 120 valence electrons. The topological polar surface area (TPSA) is 130 Å². The fourth-order valence-corrected chi connectivity index (χ4v) is 2.04. The predicted octanol–water partition coefficient (Wildman–Crippen LogP) is 1.31. The third-order valence-corrected chi connectivity index (χ3v) is 3.12. The van der Waals surface area contributed by atoms with Gasteiger partial charge in [0.25, 0.3) is 5.91 Å². The van der Waals surface area contributed by atoms with Gasteiger partial charge in [-0.3, -0.25) is 9.59 Å². The van der Waals surface area contributed by atoms with Crippen molar-refractivity contribution >= 4 is 17.8 Å². The summed E-state index contributed by atoms with van der Waals surface area (Å²) >= 11 is 0. The minimum atomic E-state index is -1.54. The number of carboxylic acid groups (broad SMARTS) is 2. The number of carboxylic acids is 2. The molecule has 0 spiro atoms. The van der Waals surface area contributed by atoms with Crippen LogP contribution in [0, 0.1) is 6.92 Å². The quantitative estimate of drug-likeness (QED) is 0.732. The minimum absolute atomic E-state index is 0.0767. The molecule has 8 nitrogen and oxygen atoms in total. The maximum absolute atomic E-state index is 12.3. The summed E-state index contributed by atoms with van der Waals surface area (Å²) in [7, 11) is 0. The molecule has 23 heavy (non-hydrogen) atoms. The van der Waals surface area contributed by atoms with Crippen LogP contribution in [-0.4, -0.2) is 39.3 Å². The predicted molar refractivity (Wildman–Crippen MR) is 77.8 cm³/mol. The number of aliphatic carboxylic acids is 2. The molecule has 2 aromatic rings. The number of aromatic nitrogens is 1. The van der Waals surface area contributed by atoms with Crippen LogP contribution in [0.15, 0.2) is 34.9 Å². The van der Waals surface area contributed by atoms with Gasteiger partial charge >= 0.3 is 11.9 Å². The molecular weight excluding hydrogens is 304 g/mol. The molecule has 0 aliphatic heterocycles. The van der Waals surface area contributed by atoms with Crippen molar-refractivity contribution in [3.8, 4) is 11.3 Å². The zero-order valence-electron chi connectivity index (χ0n) is 12.1. The van der Waals surface area contributed by atoms with Gasteiger partial charge in [0.15, 0.2) is 0 Å². The van der Waals surface area contributed by atoms with Gasteiger partial charge in [-0.05, 0) is 6.92 Å². The summed E-state index contributed by atoms with van der Waals surface area (Å²) in [5.41, 5.74) is 0.965. The molecule has 1 amide bonds. The van der Waals surface area contributed by atoms with Gasteiger partial charge < -0.3 is 20.1 Å². The maximum atomic E-state index is 12.3. The van der Waals surface area contributed by atoms with Crippen LogP contribution in [-0.2, 0) is 9.59 Å². The van der Waals surface area contributed by atoms with Gasteiger partial charge in [0.1, 0.15) is 23.1 Å². The standard InChI is InChI=1S/C15H14N2O6/c1-8-12(13(17-23-8)9-5-3-2-4-6-9)14(20)16-10(15(21)22)7-11(18)19/h2-6,10H,7H2,1H3,(H,16,20)(H,18,19)(H,21,22)/t10-/m0/s1. The molecule has 0 radical (unpaired) electrons. The van der Waals surface area contributed by atoms with Gasteiger partial charge in [-0.1, -0.05) is 35.5 Å². The van der Waals surface area contributed by atoms with Crippen molar-refractivity contribution in [2.75, 3.05) is 0 Å². The van der Waals surface area contributed by atoms with Crippen molar-refractivity contribution in [3.05, 3.63) is 41.7 Å². The first kappa shape index (κ1) is 16.2. The Morgan fingerprint density at radius 1 is 1.22 bits per heavy atom. The van der Waals surface area contributed by atoms with E-state index in [2.05, 4.69) is 10.5 Å². The highest BCUT2D eigenvalue weighted by molar-refractivity contribution is 6.02. The molecular formula is C15H14N2O6. The van der Waals surface area contributed by atoms with Crippen molar-refractivity contribution in [2.24, 2.45) is 0 Å². The summed E-state index contributed by atoms with van der Waals surface area (Å²) in [6, 6.07) is 7.21. The Labute approximate surface area is 130 Å². The zero-order valence-corrected chi connectivity index (χ0v) is 12.1. The lowest BCUT2D eigenvalue weighted by atomic mass is 10.1. The maximum Gasteiger partial charge on any atom is 0.326 e. The van der Waals surface area contributed by atoms with Crippen LogP contribution in [0.5, 0.6) is 0 Å². The summed E-state index contributed by atoms with van der Waals surface area (Å²) in [5.74, 6) is -3.31. The van der Waals surface area contributed by atoms with Crippen LogP contribution in [0.4, 0.5) is 0 Å². The number of benzene rings is 1. The van der Waals surface area contributed by atoms with E-state index < -0.39 is 30.3 Å². The van der Waals surface area contributed by atoms with E-state index in [4.69, 9.17) is 14.7 Å². The highest BCUT2D eigenvalue weighted by Crippen LogP contribution is 2.25. The monoisotopic (exact) mass is 318 g/mol. The lowest BCUT2D eigenvalue weighted by Crippen LogP contribution is -2.42. The molecule has 2 rings (SSSR count). The van der Waals surface area contributed by atoms with Crippen molar-refractivity contribution in [3.63, 3.8) is 0 Å². The van der Waals surface area contributed by atoms with E-state index in [0.717, 1.165) is 0 Å². The van der Waals surface area contributed by atoms with Crippen LogP contribution in [0.1, 0.15) is 22.5 Å². The SMILES string of the molecule is Cc1onc(-c2ccccc2)c1C(=O)N[C@@H](CC(=O)O)C(=O)O. The van der Waals surface area contributed by atoms with Crippen molar-refractivity contribution < 1.29 is 29.1 Å². The Morgan fingerprint density at radius 3 is 2.43 bits per heavy atom. The summed E-state index contributed by atoms with van der Waals surface area (Å²) < 4.78 is 5.02. The fraction of sp³-hybridized carbons (Fsp3) is 0.200. The van der Waals surface area contributed by atoms with E-state index in [1.807, 2.05) is 0 Å². The average Bonchev–Trinajstić information content (AvgIpc) is 2.88. The number of rotatable bonds is 6. The summed E-state index contributed by atoms with van der Waals surface area (Å²) in [6.45, 7) is 1.52. The van der Waals surface area contributed by atoms with E-state index in [1.165, 1.54) is 6.92 Å². The zero-order chi connectivity index (χ0) is 17.0. The second kappa shape index (κ2) is 6.73. The van der Waals surface area contributed by atoms with Crippen LogP contribution < -0.4 is 5.32 Å². The molecule has 0 saturated heterocycles. The molecule has 0 saturated carbocycles. The van der Waals surface area contributed by atoms with Crippen LogP contribution in [0.25, 0.3) is 11.3 Å². The van der Waals surface area contributed by atoms with Gasteiger partial charge in [0.2, 0.25) is 0 Å². The van der Waals surface area contributed by atoms with Crippen LogP contribution >= 0.6 is 0 Å². The van der Waals surface area contributed by atoms with Crippen molar-refractivity contribution in [1.82, 2.24) is 10.5 Å². The number of nitrogens with zero attached hydrogens (tertiary/aromatic N) is 1. The summed E-state index contributed by atoms with van der Waals surface area (Å²) in [6.07, 6.45) is -0.730. The smallest absolute Gasteiger partial charge is 0.326 e. The third kappa shape index (κ3) is 3.73. The lowest BCUT2D eigenvalue weighted by molar-refractivity contribution is -0.145. The average molecular weight is 318 g/mol. The largest absolute Gasteiger partial charge is 0.481 e. The van der Waals surface area contributed by atoms with Gasteiger partial charge in [0, 0.05) is 5.56 Å². The molecule has 0 aliphatic carbocycles. The van der Waals surface area contributed by atoms with Gasteiger partial charge in [0.05, 0.1) is 6.42 Å². The number of aryl methyl sites for hydroxylation is 1. The molecule has 8 heteroatoms. The number of hydrogen-bond acceptors (Lipinski definition) is 5. The Balaban J connectivity index is 2.31. The number of carbonyl (C=O) groups is 3. The Hall–Kier alpha value is -3.16. The lowest BCUT2D eigenvalue weighted by Gasteiger charge is -2.12. The molecule has 1 aromatic heterocycles. The number of nitrogens with one attached hydrogen (secondary N) is 1. The van der Waals surface area contributed by atoms with E-state index in [1.54, 1.807) is 30.3 Å². The van der Waals surface area contributed by atoms with E-state index in [-0.39, 0.29) is 17.0 Å². The molecule has 0 aliphatic rings. The van der Waals surface area contributed by atoms with Crippen LogP contribution in [0.2, 0.25) is 0 Å². The highest BCUT2D eigenvalue weighted by atomic mass is 16.5. The normalized spacial score (nSPS) is 11.7. The molecule has 0 fully saturated rings. The summed E-state index contributed by atoms with van der Waals surface area (Å²) in [4.78, 5) is 34.1. The van der Waals surface area contributed by atoms with Gasteiger partial charge in [-0.15, -0.1) is 0 Å². The van der Waals surface area contributed by atoms with E-state index in [0.29, 0.717) is 5.56 Å². The molecule has 1 aromatic carbocycles. The first-order chi connectivity index (χ1) is 10.9.